The van der Waals surface area contributed by atoms with Crippen LogP contribution in [0, 0.1) is 0 Å². The first-order valence-corrected chi connectivity index (χ1v) is 8.67. The van der Waals surface area contributed by atoms with Gasteiger partial charge in [-0.15, -0.1) is 0 Å². The summed E-state index contributed by atoms with van der Waals surface area (Å²) < 4.78 is 23.2. The average molecular weight is 297 g/mol. The molecule has 0 amide bonds. The summed E-state index contributed by atoms with van der Waals surface area (Å²) in [6.45, 7) is 3.07. The summed E-state index contributed by atoms with van der Waals surface area (Å²) in [5, 5.41) is 5.23. The van der Waals surface area contributed by atoms with Crippen LogP contribution in [0.2, 0.25) is 0 Å². The van der Waals surface area contributed by atoms with Crippen LogP contribution in [0.25, 0.3) is 0 Å². The Balaban J connectivity index is 2.45. The SMILES string of the molecule is CCC1CCCCCN1c1cccc(S(N)(=O)=O)c1N. The van der Waals surface area contributed by atoms with Crippen molar-refractivity contribution in [2.45, 2.75) is 50.0 Å². The number of primary sulfonamides is 1. The first-order chi connectivity index (χ1) is 9.45. The van der Waals surface area contributed by atoms with Crippen LogP contribution >= 0.6 is 0 Å². The van der Waals surface area contributed by atoms with E-state index in [1.54, 1.807) is 6.07 Å². The fourth-order valence-corrected chi connectivity index (χ4v) is 3.63. The summed E-state index contributed by atoms with van der Waals surface area (Å²) in [4.78, 5) is 2.27. The fourth-order valence-electron chi connectivity index (χ4n) is 2.95. The van der Waals surface area contributed by atoms with Crippen LogP contribution < -0.4 is 15.8 Å². The maximum absolute atomic E-state index is 11.6. The van der Waals surface area contributed by atoms with Crippen molar-refractivity contribution in [3.8, 4) is 0 Å². The second-order valence-corrected chi connectivity index (χ2v) is 6.87. The Morgan fingerprint density at radius 3 is 2.70 bits per heavy atom. The Bertz CT molecular complexity index is 572. The summed E-state index contributed by atoms with van der Waals surface area (Å²) in [6.07, 6.45) is 5.68. The maximum atomic E-state index is 11.6. The molecule has 1 fully saturated rings. The zero-order chi connectivity index (χ0) is 14.8. The van der Waals surface area contributed by atoms with Gasteiger partial charge in [0, 0.05) is 12.6 Å². The van der Waals surface area contributed by atoms with Crippen molar-refractivity contribution in [2.24, 2.45) is 5.14 Å². The van der Waals surface area contributed by atoms with Gasteiger partial charge in [0.1, 0.15) is 4.90 Å². The summed E-state index contributed by atoms with van der Waals surface area (Å²) in [6, 6.07) is 5.48. The van der Waals surface area contributed by atoms with E-state index in [-0.39, 0.29) is 10.6 Å². The number of hydrogen-bond donors (Lipinski definition) is 2. The molecule has 1 aliphatic heterocycles. The van der Waals surface area contributed by atoms with Gasteiger partial charge in [-0.1, -0.05) is 25.8 Å². The molecule has 112 valence electrons. The highest BCUT2D eigenvalue weighted by Crippen LogP contribution is 2.33. The molecular formula is C14H23N3O2S. The molecule has 1 saturated heterocycles. The third-order valence-corrected chi connectivity index (χ3v) is 4.98. The highest BCUT2D eigenvalue weighted by Gasteiger charge is 2.24. The highest BCUT2D eigenvalue weighted by atomic mass is 32.2. The number of nitrogen functional groups attached to an aromatic ring is 1. The van der Waals surface area contributed by atoms with Gasteiger partial charge >= 0.3 is 0 Å². The summed E-state index contributed by atoms with van der Waals surface area (Å²) in [5.74, 6) is 0. The third kappa shape index (κ3) is 3.07. The normalized spacial score (nSPS) is 20.7. The maximum Gasteiger partial charge on any atom is 0.240 e. The van der Waals surface area contributed by atoms with Gasteiger partial charge in [-0.2, -0.15) is 0 Å². The van der Waals surface area contributed by atoms with Crippen molar-refractivity contribution >= 4 is 21.4 Å². The Morgan fingerprint density at radius 1 is 1.30 bits per heavy atom. The van der Waals surface area contributed by atoms with Gasteiger partial charge in [-0.05, 0) is 31.4 Å². The Morgan fingerprint density at radius 2 is 2.05 bits per heavy atom. The fraction of sp³-hybridized carbons (Fsp3) is 0.571. The van der Waals surface area contributed by atoms with Crippen LogP contribution in [-0.4, -0.2) is 21.0 Å². The van der Waals surface area contributed by atoms with E-state index in [2.05, 4.69) is 11.8 Å². The van der Waals surface area contributed by atoms with Crippen molar-refractivity contribution in [2.75, 3.05) is 17.2 Å². The van der Waals surface area contributed by atoms with Crippen LogP contribution in [0.15, 0.2) is 23.1 Å². The molecule has 2 rings (SSSR count). The van der Waals surface area contributed by atoms with Crippen LogP contribution in [0.4, 0.5) is 11.4 Å². The molecule has 1 unspecified atom stereocenters. The molecule has 0 spiro atoms. The van der Waals surface area contributed by atoms with Crippen molar-refractivity contribution in [1.29, 1.82) is 0 Å². The van der Waals surface area contributed by atoms with E-state index >= 15 is 0 Å². The number of nitrogens with two attached hydrogens (primary N) is 2. The molecule has 1 heterocycles. The van der Waals surface area contributed by atoms with E-state index in [9.17, 15) is 8.42 Å². The number of benzene rings is 1. The van der Waals surface area contributed by atoms with Gasteiger partial charge in [0.2, 0.25) is 10.0 Å². The van der Waals surface area contributed by atoms with Crippen molar-refractivity contribution in [3.63, 3.8) is 0 Å². The number of para-hydroxylation sites is 1. The van der Waals surface area contributed by atoms with E-state index in [0.717, 1.165) is 31.5 Å². The molecule has 1 aromatic carbocycles. The molecule has 0 saturated carbocycles. The van der Waals surface area contributed by atoms with Crippen molar-refractivity contribution in [3.05, 3.63) is 18.2 Å². The number of rotatable bonds is 3. The van der Waals surface area contributed by atoms with Crippen molar-refractivity contribution < 1.29 is 8.42 Å². The predicted octanol–water partition coefficient (Wildman–Crippen LogP) is 2.08. The van der Waals surface area contributed by atoms with E-state index in [1.165, 1.54) is 18.9 Å². The Kier molecular flexibility index (Phi) is 4.55. The van der Waals surface area contributed by atoms with Gasteiger partial charge in [-0.3, -0.25) is 0 Å². The van der Waals surface area contributed by atoms with Gasteiger partial charge in [0.25, 0.3) is 0 Å². The molecule has 0 aliphatic carbocycles. The topological polar surface area (TPSA) is 89.4 Å². The van der Waals surface area contributed by atoms with Gasteiger partial charge in [0.05, 0.1) is 11.4 Å². The molecular weight excluding hydrogens is 274 g/mol. The third-order valence-electron chi connectivity index (χ3n) is 4.01. The molecule has 1 aromatic rings. The van der Waals surface area contributed by atoms with E-state index in [0.29, 0.717) is 6.04 Å². The molecule has 4 N–H and O–H groups in total. The predicted molar refractivity (Wildman–Crippen MR) is 82.1 cm³/mol. The molecule has 0 bridgehead atoms. The van der Waals surface area contributed by atoms with E-state index in [4.69, 9.17) is 10.9 Å². The van der Waals surface area contributed by atoms with E-state index in [1.807, 2.05) is 6.07 Å². The molecule has 6 heteroatoms. The first kappa shape index (κ1) is 15.1. The van der Waals surface area contributed by atoms with Crippen LogP contribution in [0.5, 0.6) is 0 Å². The van der Waals surface area contributed by atoms with Crippen LogP contribution in [-0.2, 0) is 10.0 Å². The lowest BCUT2D eigenvalue weighted by Crippen LogP contribution is -2.35. The zero-order valence-electron chi connectivity index (χ0n) is 11.9. The minimum absolute atomic E-state index is 0.0223. The molecule has 0 radical (unpaired) electrons. The lowest BCUT2D eigenvalue weighted by Gasteiger charge is -2.32. The van der Waals surface area contributed by atoms with Gasteiger partial charge in [0.15, 0.2) is 0 Å². The Hall–Kier alpha value is -1.27. The largest absolute Gasteiger partial charge is 0.396 e. The molecule has 5 nitrogen and oxygen atoms in total. The Labute approximate surface area is 121 Å². The zero-order valence-corrected chi connectivity index (χ0v) is 12.7. The minimum atomic E-state index is -3.78. The smallest absolute Gasteiger partial charge is 0.240 e. The molecule has 1 aliphatic rings. The number of hydrogen-bond acceptors (Lipinski definition) is 4. The summed E-state index contributed by atoms with van der Waals surface area (Å²) in [7, 11) is -3.78. The first-order valence-electron chi connectivity index (χ1n) is 7.13. The van der Waals surface area contributed by atoms with Crippen LogP contribution in [0.1, 0.15) is 39.0 Å². The monoisotopic (exact) mass is 297 g/mol. The number of anilines is 2. The van der Waals surface area contributed by atoms with Gasteiger partial charge in [-0.25, -0.2) is 13.6 Å². The number of sulfonamides is 1. The lowest BCUT2D eigenvalue weighted by molar-refractivity contribution is 0.556. The molecule has 1 atom stereocenters. The quantitative estimate of drug-likeness (QED) is 0.836. The van der Waals surface area contributed by atoms with Gasteiger partial charge < -0.3 is 10.6 Å². The average Bonchev–Trinajstić information content (AvgIpc) is 2.62. The minimum Gasteiger partial charge on any atom is -0.396 e. The second-order valence-electron chi connectivity index (χ2n) is 5.34. The van der Waals surface area contributed by atoms with Crippen molar-refractivity contribution in [1.82, 2.24) is 0 Å². The standard InChI is InChI=1S/C14H23N3O2S/c1-2-11-7-4-3-5-10-17(11)12-8-6-9-13(14(12)15)20(16,18)19/h6,8-9,11H,2-5,7,10,15H2,1H3,(H2,16,18,19). The molecule has 20 heavy (non-hydrogen) atoms. The highest BCUT2D eigenvalue weighted by molar-refractivity contribution is 7.89. The number of nitrogens with zero attached hydrogens (tertiary/aromatic N) is 1. The summed E-state index contributed by atoms with van der Waals surface area (Å²) in [5.41, 5.74) is 7.14. The second kappa shape index (κ2) is 6.01. The molecule has 0 aromatic heterocycles. The van der Waals surface area contributed by atoms with Crippen LogP contribution in [0.3, 0.4) is 0 Å². The van der Waals surface area contributed by atoms with E-state index < -0.39 is 10.0 Å². The summed E-state index contributed by atoms with van der Waals surface area (Å²) >= 11 is 0. The lowest BCUT2D eigenvalue weighted by atomic mass is 10.1.